The van der Waals surface area contributed by atoms with Gasteiger partial charge in [-0.05, 0) is 56.5 Å². The van der Waals surface area contributed by atoms with Crippen LogP contribution < -0.4 is 5.32 Å². The average Bonchev–Trinajstić information content (AvgIpc) is 2.67. The van der Waals surface area contributed by atoms with Gasteiger partial charge in [0.25, 0.3) is 0 Å². The first-order valence-electron chi connectivity index (χ1n) is 9.83. The number of piperidine rings is 1. The fraction of sp³-hybridized carbons (Fsp3) is 0.524. The third kappa shape index (κ3) is 4.50. The van der Waals surface area contributed by atoms with E-state index >= 15 is 0 Å². The van der Waals surface area contributed by atoms with Gasteiger partial charge in [-0.25, -0.2) is 9.59 Å². The highest BCUT2D eigenvalue weighted by Crippen LogP contribution is 2.33. The summed E-state index contributed by atoms with van der Waals surface area (Å²) in [4.78, 5) is 29.4. The number of likely N-dealkylation sites (tertiary alicyclic amines) is 1. The molecule has 152 valence electrons. The lowest BCUT2D eigenvalue weighted by Crippen LogP contribution is -2.50. The van der Waals surface area contributed by atoms with Gasteiger partial charge in [-0.2, -0.15) is 0 Å². The molecule has 1 atom stereocenters. The van der Waals surface area contributed by atoms with Crippen LogP contribution in [0.2, 0.25) is 5.02 Å². The molecule has 1 unspecified atom stereocenters. The van der Waals surface area contributed by atoms with Crippen LogP contribution in [0.3, 0.4) is 0 Å². The van der Waals surface area contributed by atoms with E-state index in [-0.39, 0.29) is 12.6 Å². The Morgan fingerprint density at radius 3 is 2.68 bits per heavy atom. The number of benzene rings is 1. The van der Waals surface area contributed by atoms with Gasteiger partial charge in [0.15, 0.2) is 0 Å². The van der Waals surface area contributed by atoms with E-state index in [0.29, 0.717) is 28.8 Å². The maximum absolute atomic E-state index is 12.9. The Kier molecular flexibility index (Phi) is 6.62. The minimum Gasteiger partial charge on any atom is -0.463 e. The smallest absolute Gasteiger partial charge is 0.338 e. The third-order valence-electron chi connectivity index (χ3n) is 5.50. The van der Waals surface area contributed by atoms with Crippen molar-refractivity contribution in [1.82, 2.24) is 15.1 Å². The van der Waals surface area contributed by atoms with Crippen LogP contribution in [0.4, 0.5) is 4.79 Å². The van der Waals surface area contributed by atoms with Crippen LogP contribution >= 0.6 is 11.6 Å². The van der Waals surface area contributed by atoms with E-state index in [1.165, 1.54) is 4.90 Å². The number of hydrogen-bond donors (Lipinski definition) is 1. The van der Waals surface area contributed by atoms with Gasteiger partial charge in [0.1, 0.15) is 0 Å². The fourth-order valence-electron chi connectivity index (χ4n) is 3.77. The molecular formula is C21H28ClN3O3. The fourth-order valence-corrected chi connectivity index (χ4v) is 3.96. The predicted molar refractivity (Wildman–Crippen MR) is 109 cm³/mol. The molecule has 2 aliphatic rings. The van der Waals surface area contributed by atoms with Crippen LogP contribution in [-0.4, -0.2) is 55.1 Å². The molecule has 1 saturated heterocycles. The summed E-state index contributed by atoms with van der Waals surface area (Å²) in [5.74, 6) is 0.307. The molecule has 0 spiro atoms. The number of rotatable bonds is 5. The minimum atomic E-state index is -0.583. The first-order chi connectivity index (χ1) is 13.4. The molecule has 3 rings (SSSR count). The van der Waals surface area contributed by atoms with Crippen molar-refractivity contribution in [2.75, 3.05) is 33.3 Å². The molecule has 0 radical (unpaired) electrons. The van der Waals surface area contributed by atoms with Gasteiger partial charge in [-0.1, -0.05) is 30.7 Å². The standard InChI is InChI=1S/C21H28ClN3O3/c1-4-28-20(26)18-17(13-25-10-8-14(2)9-11-25)24(3)21(27)23-19(18)15-6-5-7-16(22)12-15/h5-7,12,14,19H,4,8-11,13H2,1-3H3,(H,23,27). The summed E-state index contributed by atoms with van der Waals surface area (Å²) in [6, 6.07) is 6.40. The number of nitrogens with one attached hydrogen (secondary N) is 1. The van der Waals surface area contributed by atoms with Crippen molar-refractivity contribution < 1.29 is 14.3 Å². The molecule has 6 nitrogen and oxygen atoms in total. The van der Waals surface area contributed by atoms with E-state index in [9.17, 15) is 9.59 Å². The molecule has 1 fully saturated rings. The molecular weight excluding hydrogens is 378 g/mol. The highest BCUT2D eigenvalue weighted by molar-refractivity contribution is 6.30. The number of carbonyl (C=O) groups excluding carboxylic acids is 2. The zero-order valence-corrected chi connectivity index (χ0v) is 17.5. The lowest BCUT2D eigenvalue weighted by Gasteiger charge is -2.38. The molecule has 1 aromatic carbocycles. The quantitative estimate of drug-likeness (QED) is 0.760. The van der Waals surface area contributed by atoms with Crippen LogP contribution in [0.25, 0.3) is 0 Å². The van der Waals surface area contributed by atoms with Crippen LogP contribution in [0.15, 0.2) is 35.5 Å². The highest BCUT2D eigenvalue weighted by atomic mass is 35.5. The number of likely N-dealkylation sites (N-methyl/N-ethyl adjacent to an activating group) is 1. The SMILES string of the molecule is CCOC(=O)C1=C(CN2CCC(C)CC2)N(C)C(=O)NC1c1cccc(Cl)c1. The Labute approximate surface area is 171 Å². The summed E-state index contributed by atoms with van der Waals surface area (Å²) in [6.45, 7) is 6.77. The molecule has 0 aromatic heterocycles. The first kappa shape index (κ1) is 20.7. The molecule has 0 saturated carbocycles. The van der Waals surface area contributed by atoms with Crippen molar-refractivity contribution in [3.8, 4) is 0 Å². The molecule has 2 aliphatic heterocycles. The van der Waals surface area contributed by atoms with Crippen molar-refractivity contribution >= 4 is 23.6 Å². The van der Waals surface area contributed by atoms with Crippen LogP contribution in [0.5, 0.6) is 0 Å². The van der Waals surface area contributed by atoms with Crippen molar-refractivity contribution in [3.63, 3.8) is 0 Å². The number of esters is 1. The number of halogens is 1. The van der Waals surface area contributed by atoms with E-state index in [2.05, 4.69) is 17.1 Å². The van der Waals surface area contributed by atoms with Gasteiger partial charge in [0, 0.05) is 24.3 Å². The third-order valence-corrected chi connectivity index (χ3v) is 5.74. The molecule has 2 amide bonds. The second-order valence-corrected chi connectivity index (χ2v) is 7.97. The van der Waals surface area contributed by atoms with Crippen molar-refractivity contribution in [2.45, 2.75) is 32.7 Å². The van der Waals surface area contributed by atoms with Crippen LogP contribution in [0.1, 0.15) is 38.3 Å². The largest absolute Gasteiger partial charge is 0.463 e. The highest BCUT2D eigenvalue weighted by Gasteiger charge is 2.37. The van der Waals surface area contributed by atoms with Crippen LogP contribution in [0, 0.1) is 5.92 Å². The summed E-state index contributed by atoms with van der Waals surface area (Å²) in [5, 5.41) is 3.48. The topological polar surface area (TPSA) is 61.9 Å². The Morgan fingerprint density at radius 2 is 2.04 bits per heavy atom. The predicted octanol–water partition coefficient (Wildman–Crippen LogP) is 3.59. The van der Waals surface area contributed by atoms with Crippen molar-refractivity contribution in [3.05, 3.63) is 46.1 Å². The van der Waals surface area contributed by atoms with Crippen LogP contribution in [-0.2, 0) is 9.53 Å². The van der Waals surface area contributed by atoms with Crippen molar-refractivity contribution in [2.24, 2.45) is 5.92 Å². The molecule has 7 heteroatoms. The number of ether oxygens (including phenoxy) is 1. The maximum Gasteiger partial charge on any atom is 0.338 e. The number of nitrogens with zero attached hydrogens (tertiary/aromatic N) is 2. The molecule has 0 aliphatic carbocycles. The van der Waals surface area contributed by atoms with Crippen molar-refractivity contribution in [1.29, 1.82) is 0 Å². The number of hydrogen-bond acceptors (Lipinski definition) is 4. The number of carbonyl (C=O) groups is 2. The molecule has 2 heterocycles. The summed E-state index contributed by atoms with van der Waals surface area (Å²) < 4.78 is 5.36. The minimum absolute atomic E-state index is 0.238. The van der Waals surface area contributed by atoms with E-state index in [1.807, 2.05) is 12.1 Å². The molecule has 1 N–H and O–H groups in total. The summed E-state index contributed by atoms with van der Waals surface area (Å²) in [7, 11) is 1.70. The Morgan fingerprint density at radius 1 is 1.32 bits per heavy atom. The van der Waals surface area contributed by atoms with Gasteiger partial charge < -0.3 is 10.1 Å². The summed E-state index contributed by atoms with van der Waals surface area (Å²) in [6.07, 6.45) is 2.24. The lowest BCUT2D eigenvalue weighted by molar-refractivity contribution is -0.139. The Bertz CT molecular complexity index is 772. The average molecular weight is 406 g/mol. The zero-order valence-electron chi connectivity index (χ0n) is 16.7. The first-order valence-corrected chi connectivity index (χ1v) is 10.2. The zero-order chi connectivity index (χ0) is 20.3. The Balaban J connectivity index is 2.02. The van der Waals surface area contributed by atoms with E-state index in [0.717, 1.165) is 31.5 Å². The summed E-state index contributed by atoms with van der Waals surface area (Å²) in [5.41, 5.74) is 1.94. The van der Waals surface area contributed by atoms with Gasteiger partial charge >= 0.3 is 12.0 Å². The summed E-state index contributed by atoms with van der Waals surface area (Å²) >= 11 is 6.16. The lowest BCUT2D eigenvalue weighted by atomic mass is 9.93. The second-order valence-electron chi connectivity index (χ2n) is 7.54. The number of amides is 2. The maximum atomic E-state index is 12.9. The number of urea groups is 1. The van der Waals surface area contributed by atoms with E-state index < -0.39 is 12.0 Å². The molecule has 0 bridgehead atoms. The Hall–Kier alpha value is -2.05. The van der Waals surface area contributed by atoms with E-state index in [4.69, 9.17) is 16.3 Å². The molecule has 1 aromatic rings. The van der Waals surface area contributed by atoms with Gasteiger partial charge in [-0.15, -0.1) is 0 Å². The normalized spacial score (nSPS) is 21.6. The monoisotopic (exact) mass is 405 g/mol. The van der Waals surface area contributed by atoms with Gasteiger partial charge in [0.05, 0.1) is 18.2 Å². The second kappa shape index (κ2) is 8.97. The van der Waals surface area contributed by atoms with E-state index in [1.54, 1.807) is 26.1 Å². The molecule has 28 heavy (non-hydrogen) atoms. The van der Waals surface area contributed by atoms with Gasteiger partial charge in [-0.3, -0.25) is 9.80 Å². The van der Waals surface area contributed by atoms with Gasteiger partial charge in [0.2, 0.25) is 0 Å².